The van der Waals surface area contributed by atoms with Crippen molar-refractivity contribution in [2.24, 2.45) is 0 Å². The second-order valence-electron chi connectivity index (χ2n) is 10.8. The highest BCUT2D eigenvalue weighted by molar-refractivity contribution is 5.92. The van der Waals surface area contributed by atoms with E-state index < -0.39 is 0 Å². The summed E-state index contributed by atoms with van der Waals surface area (Å²) in [5.74, 6) is 0.548. The number of piperazine rings is 1. The van der Waals surface area contributed by atoms with Gasteiger partial charge in [-0.2, -0.15) is 10.2 Å². The third-order valence-corrected chi connectivity index (χ3v) is 8.17. The lowest BCUT2D eigenvalue weighted by atomic mass is 10.0. The molecule has 0 spiro atoms. The summed E-state index contributed by atoms with van der Waals surface area (Å²) in [7, 11) is 1.80. The average molecular weight is 552 g/mol. The molecule has 7 rings (SSSR count). The largest absolute Gasteiger partial charge is 0.382 e. The predicted octanol–water partition coefficient (Wildman–Crippen LogP) is 2.18. The Morgan fingerprint density at radius 1 is 1.12 bits per heavy atom. The van der Waals surface area contributed by atoms with Crippen LogP contribution in [0.2, 0.25) is 0 Å². The average Bonchev–Trinajstić information content (AvgIpc) is 3.59. The zero-order valence-corrected chi connectivity index (χ0v) is 23.0. The van der Waals surface area contributed by atoms with Crippen molar-refractivity contribution in [3.63, 3.8) is 0 Å². The molecule has 2 atom stereocenters. The Morgan fingerprint density at radius 3 is 2.85 bits per heavy atom. The van der Waals surface area contributed by atoms with Crippen molar-refractivity contribution in [2.75, 3.05) is 52.1 Å². The second-order valence-corrected chi connectivity index (χ2v) is 10.8. The molecule has 2 aliphatic rings. The number of nitrogens with zero attached hydrogens (tertiary/aromatic N) is 7. The van der Waals surface area contributed by atoms with E-state index in [2.05, 4.69) is 62.9 Å². The summed E-state index contributed by atoms with van der Waals surface area (Å²) in [5, 5.41) is 13.5. The molecule has 0 bridgehead atoms. The van der Waals surface area contributed by atoms with Gasteiger partial charge in [-0.05, 0) is 30.3 Å². The van der Waals surface area contributed by atoms with Crippen molar-refractivity contribution in [3.05, 3.63) is 78.4 Å². The summed E-state index contributed by atoms with van der Waals surface area (Å²) in [5.41, 5.74) is 12.2. The Hall–Kier alpha value is -4.32. The number of nitrogen functional groups attached to an aromatic ring is 1. The highest BCUT2D eigenvalue weighted by Crippen LogP contribution is 2.36. The number of morpholine rings is 1. The Labute approximate surface area is 237 Å². The lowest BCUT2D eigenvalue weighted by Crippen LogP contribution is -2.60. The van der Waals surface area contributed by atoms with Gasteiger partial charge in [0.15, 0.2) is 5.82 Å². The van der Waals surface area contributed by atoms with Gasteiger partial charge in [-0.25, -0.2) is 9.50 Å². The van der Waals surface area contributed by atoms with E-state index in [4.69, 9.17) is 15.6 Å². The van der Waals surface area contributed by atoms with Crippen molar-refractivity contribution >= 4 is 28.1 Å². The highest BCUT2D eigenvalue weighted by Gasteiger charge is 2.36. The first-order chi connectivity index (χ1) is 20.1. The van der Waals surface area contributed by atoms with Crippen LogP contribution >= 0.6 is 0 Å². The van der Waals surface area contributed by atoms with Crippen molar-refractivity contribution in [3.8, 4) is 11.1 Å². The molecule has 210 valence electrons. The maximum absolute atomic E-state index is 12.4. The fraction of sp³-hybridized carbons (Fsp3) is 0.333. The summed E-state index contributed by atoms with van der Waals surface area (Å²) < 4.78 is 10.3. The van der Waals surface area contributed by atoms with Crippen LogP contribution in [-0.4, -0.2) is 92.5 Å². The van der Waals surface area contributed by atoms with Gasteiger partial charge in [0.1, 0.15) is 17.9 Å². The SMILES string of the molecule is CNCC(=O)N1CCN2CC(c3cc(-c4ccc5cn(Cc6ccccc6)nc5c4)c4c(N)ncnn34)OCC2C1. The minimum Gasteiger partial charge on any atom is -0.382 e. The predicted molar refractivity (Wildman–Crippen MR) is 156 cm³/mol. The molecule has 2 saturated heterocycles. The van der Waals surface area contributed by atoms with E-state index in [9.17, 15) is 4.79 Å². The van der Waals surface area contributed by atoms with Crippen LogP contribution in [0.4, 0.5) is 5.82 Å². The van der Waals surface area contributed by atoms with Gasteiger partial charge in [0.25, 0.3) is 0 Å². The van der Waals surface area contributed by atoms with Crippen LogP contribution < -0.4 is 11.1 Å². The van der Waals surface area contributed by atoms with E-state index in [1.807, 2.05) is 32.3 Å². The van der Waals surface area contributed by atoms with Gasteiger partial charge in [0.05, 0.1) is 36.9 Å². The standard InChI is InChI=1S/C30H33N9O2/c1-32-13-28(40)37-10-9-36-17-27(41-18-23(36)16-37)26-12-24(29-30(31)33-19-34-39(26)29)21-7-8-22-15-38(35-25(22)11-21)14-20-5-3-2-4-6-20/h2-8,11-12,15,19,23,27,32H,9-10,13-14,16-18H2,1H3,(H2,31,33,34). The van der Waals surface area contributed by atoms with E-state index >= 15 is 0 Å². The molecule has 2 unspecified atom stereocenters. The molecule has 2 aromatic carbocycles. The number of hydrogen-bond acceptors (Lipinski definition) is 8. The molecule has 41 heavy (non-hydrogen) atoms. The third kappa shape index (κ3) is 4.82. The van der Waals surface area contributed by atoms with Crippen molar-refractivity contribution in [2.45, 2.75) is 18.7 Å². The molecule has 2 aliphatic heterocycles. The first-order valence-corrected chi connectivity index (χ1v) is 14.0. The first-order valence-electron chi connectivity index (χ1n) is 14.0. The number of benzene rings is 2. The highest BCUT2D eigenvalue weighted by atomic mass is 16.5. The number of ether oxygens (including phenoxy) is 1. The summed E-state index contributed by atoms with van der Waals surface area (Å²) in [4.78, 5) is 21.1. The van der Waals surface area contributed by atoms with Crippen molar-refractivity contribution in [1.29, 1.82) is 0 Å². The van der Waals surface area contributed by atoms with E-state index in [1.54, 1.807) is 7.05 Å². The number of fused-ring (bicyclic) bond motifs is 3. The lowest BCUT2D eigenvalue weighted by molar-refractivity contribution is -0.139. The summed E-state index contributed by atoms with van der Waals surface area (Å²) in [6, 6.07) is 18.9. The zero-order chi connectivity index (χ0) is 27.9. The number of nitrogens with two attached hydrogens (primary N) is 1. The molecular weight excluding hydrogens is 518 g/mol. The van der Waals surface area contributed by atoms with Crippen molar-refractivity contribution in [1.82, 2.24) is 39.5 Å². The molecule has 11 heteroatoms. The zero-order valence-electron chi connectivity index (χ0n) is 23.0. The fourth-order valence-electron chi connectivity index (χ4n) is 6.08. The maximum atomic E-state index is 12.4. The van der Waals surface area contributed by atoms with Gasteiger partial charge >= 0.3 is 0 Å². The number of carbonyl (C=O) groups is 1. The Bertz CT molecular complexity index is 1710. The normalized spacial score (nSPS) is 19.6. The minimum atomic E-state index is -0.185. The molecule has 5 aromatic rings. The Morgan fingerprint density at radius 2 is 2.00 bits per heavy atom. The molecule has 0 radical (unpaired) electrons. The monoisotopic (exact) mass is 551 g/mol. The van der Waals surface area contributed by atoms with Gasteiger partial charge in [0.2, 0.25) is 5.91 Å². The van der Waals surface area contributed by atoms with Gasteiger partial charge in [-0.3, -0.25) is 14.4 Å². The topological polar surface area (TPSA) is 119 Å². The lowest BCUT2D eigenvalue weighted by Gasteiger charge is -2.46. The van der Waals surface area contributed by atoms with Gasteiger partial charge in [-0.1, -0.05) is 42.5 Å². The summed E-state index contributed by atoms with van der Waals surface area (Å²) in [6.07, 6.45) is 3.38. The van der Waals surface area contributed by atoms with Crippen molar-refractivity contribution < 1.29 is 9.53 Å². The van der Waals surface area contributed by atoms with E-state index in [0.717, 1.165) is 52.9 Å². The molecule has 1 amide bonds. The third-order valence-electron chi connectivity index (χ3n) is 8.17. The van der Waals surface area contributed by atoms with Crippen LogP contribution in [0.3, 0.4) is 0 Å². The fourth-order valence-corrected chi connectivity index (χ4v) is 6.08. The van der Waals surface area contributed by atoms with E-state index in [0.29, 0.717) is 32.1 Å². The number of hydrogen-bond donors (Lipinski definition) is 2. The molecule has 2 fully saturated rings. The van der Waals surface area contributed by atoms with Crippen LogP contribution in [-0.2, 0) is 16.1 Å². The smallest absolute Gasteiger partial charge is 0.236 e. The van der Waals surface area contributed by atoms with Gasteiger partial charge in [-0.15, -0.1) is 0 Å². The molecule has 0 aliphatic carbocycles. The molecular formula is C30H33N9O2. The number of amides is 1. The number of rotatable bonds is 6. The van der Waals surface area contributed by atoms with Gasteiger partial charge < -0.3 is 20.7 Å². The Balaban J connectivity index is 1.18. The summed E-state index contributed by atoms with van der Waals surface area (Å²) >= 11 is 0. The van der Waals surface area contributed by atoms with E-state index in [1.165, 1.54) is 11.9 Å². The maximum Gasteiger partial charge on any atom is 0.236 e. The number of anilines is 1. The number of nitrogens with one attached hydrogen (secondary N) is 1. The molecule has 3 N–H and O–H groups in total. The van der Waals surface area contributed by atoms with E-state index in [-0.39, 0.29) is 18.1 Å². The van der Waals surface area contributed by atoms with Crippen LogP contribution in [0, 0.1) is 0 Å². The summed E-state index contributed by atoms with van der Waals surface area (Å²) in [6.45, 7) is 4.54. The second kappa shape index (κ2) is 10.6. The number of likely N-dealkylation sites (N-methyl/N-ethyl adjacent to an activating group) is 1. The van der Waals surface area contributed by atoms with Crippen LogP contribution in [0.15, 0.2) is 67.1 Å². The molecule has 0 saturated carbocycles. The van der Waals surface area contributed by atoms with Crippen LogP contribution in [0.5, 0.6) is 0 Å². The molecule has 5 heterocycles. The van der Waals surface area contributed by atoms with Crippen LogP contribution in [0.25, 0.3) is 27.5 Å². The quantitative estimate of drug-likeness (QED) is 0.330. The van der Waals surface area contributed by atoms with Gasteiger partial charge in [0, 0.05) is 43.3 Å². The minimum absolute atomic E-state index is 0.130. The van der Waals surface area contributed by atoms with Crippen LogP contribution in [0.1, 0.15) is 17.4 Å². The number of carbonyl (C=O) groups excluding carboxylic acids is 1. The molecule has 3 aromatic heterocycles. The first kappa shape index (κ1) is 25.6. The Kier molecular flexibility index (Phi) is 6.62. The molecule has 11 nitrogen and oxygen atoms in total. The number of aromatic nitrogens is 5.